The highest BCUT2D eigenvalue weighted by Gasteiger charge is 2.08. The summed E-state index contributed by atoms with van der Waals surface area (Å²) >= 11 is 6.04. The fourth-order valence-corrected chi connectivity index (χ4v) is 2.77. The van der Waals surface area contributed by atoms with E-state index in [1.54, 1.807) is 42.5 Å². The van der Waals surface area contributed by atoms with Crippen molar-refractivity contribution in [3.63, 3.8) is 0 Å². The van der Waals surface area contributed by atoms with Crippen LogP contribution in [0.3, 0.4) is 0 Å². The maximum atomic E-state index is 12.1. The molecule has 0 aliphatic heterocycles. The van der Waals surface area contributed by atoms with Crippen molar-refractivity contribution in [3.8, 4) is 5.75 Å². The number of carbonyl (C=O) groups is 2. The molecule has 0 saturated heterocycles. The first-order valence-corrected chi connectivity index (χ1v) is 9.45. The number of halogens is 1. The molecule has 5 heteroatoms. The van der Waals surface area contributed by atoms with Gasteiger partial charge in [-0.1, -0.05) is 60.1 Å². The number of ether oxygens (including phenoxy) is 2. The van der Waals surface area contributed by atoms with Crippen molar-refractivity contribution in [2.45, 2.75) is 6.42 Å². The molecule has 146 valence electrons. The van der Waals surface area contributed by atoms with Gasteiger partial charge in [0.15, 0.2) is 0 Å². The van der Waals surface area contributed by atoms with Crippen LogP contribution in [0.4, 0.5) is 0 Å². The summed E-state index contributed by atoms with van der Waals surface area (Å²) < 4.78 is 10.5. The monoisotopic (exact) mass is 406 g/mol. The molecule has 0 fully saturated rings. The second-order valence-corrected chi connectivity index (χ2v) is 6.58. The average molecular weight is 407 g/mol. The number of carbonyl (C=O) groups excluding carboxylic acids is 2. The van der Waals surface area contributed by atoms with Crippen molar-refractivity contribution in [2.24, 2.45) is 0 Å². The first-order chi connectivity index (χ1) is 14.1. The van der Waals surface area contributed by atoms with E-state index in [1.165, 1.54) is 6.08 Å². The van der Waals surface area contributed by atoms with Crippen LogP contribution in [0.25, 0.3) is 6.08 Å². The van der Waals surface area contributed by atoms with E-state index in [4.69, 9.17) is 21.1 Å². The molecule has 0 unspecified atom stereocenters. The molecule has 0 heterocycles. The molecule has 0 amide bonds. The van der Waals surface area contributed by atoms with Gasteiger partial charge in [-0.2, -0.15) is 0 Å². The van der Waals surface area contributed by atoms with Crippen molar-refractivity contribution >= 4 is 29.6 Å². The average Bonchev–Trinajstić information content (AvgIpc) is 2.74. The largest absolute Gasteiger partial charge is 0.462 e. The SMILES string of the molecule is O=C(/C=C/c1ccccc1Cl)Oc1ccc(C(=O)OCCc2ccccc2)cc1. The summed E-state index contributed by atoms with van der Waals surface area (Å²) in [5.74, 6) is -0.625. The molecular weight excluding hydrogens is 388 g/mol. The van der Waals surface area contributed by atoms with Crippen LogP contribution in [0.2, 0.25) is 5.02 Å². The highest BCUT2D eigenvalue weighted by atomic mass is 35.5. The van der Waals surface area contributed by atoms with Gasteiger partial charge in [-0.05, 0) is 47.5 Å². The normalized spacial score (nSPS) is 10.7. The zero-order valence-electron chi connectivity index (χ0n) is 15.6. The standard InChI is InChI=1S/C24H19ClO4/c25-22-9-5-4-8-19(22)12-15-23(26)29-21-13-10-20(11-14-21)24(27)28-17-16-18-6-2-1-3-7-18/h1-15H,16-17H2/b15-12+. The Hall–Kier alpha value is -3.37. The van der Waals surface area contributed by atoms with Gasteiger partial charge in [-0.25, -0.2) is 9.59 Å². The quantitative estimate of drug-likeness (QED) is 0.301. The van der Waals surface area contributed by atoms with E-state index in [2.05, 4.69) is 0 Å². The minimum absolute atomic E-state index is 0.298. The molecule has 3 rings (SSSR count). The predicted molar refractivity (Wildman–Crippen MR) is 113 cm³/mol. The smallest absolute Gasteiger partial charge is 0.338 e. The van der Waals surface area contributed by atoms with Gasteiger partial charge in [0.25, 0.3) is 0 Å². The van der Waals surface area contributed by atoms with Crippen molar-refractivity contribution < 1.29 is 19.1 Å². The molecule has 0 bridgehead atoms. The minimum atomic E-state index is -0.539. The Balaban J connectivity index is 1.49. The number of hydrogen-bond acceptors (Lipinski definition) is 4. The lowest BCUT2D eigenvalue weighted by atomic mass is 10.2. The van der Waals surface area contributed by atoms with Crippen molar-refractivity contribution in [1.29, 1.82) is 0 Å². The van der Waals surface area contributed by atoms with Gasteiger partial charge in [-0.3, -0.25) is 0 Å². The lowest BCUT2D eigenvalue weighted by Crippen LogP contribution is -2.08. The zero-order chi connectivity index (χ0) is 20.5. The summed E-state index contributed by atoms with van der Waals surface area (Å²) in [6, 6.07) is 23.2. The third-order valence-electron chi connectivity index (χ3n) is 4.08. The molecular formula is C24H19ClO4. The minimum Gasteiger partial charge on any atom is -0.462 e. The molecule has 0 aromatic heterocycles. The summed E-state index contributed by atoms with van der Waals surface area (Å²) in [6.07, 6.45) is 3.54. The Labute approximate surface area is 174 Å². The fourth-order valence-electron chi connectivity index (χ4n) is 2.57. The fraction of sp³-hybridized carbons (Fsp3) is 0.0833. The molecule has 3 aromatic carbocycles. The Morgan fingerprint density at radius 3 is 2.28 bits per heavy atom. The van der Waals surface area contributed by atoms with Gasteiger partial charge in [-0.15, -0.1) is 0 Å². The van der Waals surface area contributed by atoms with Crippen molar-refractivity contribution in [2.75, 3.05) is 6.61 Å². The van der Waals surface area contributed by atoms with E-state index >= 15 is 0 Å². The molecule has 29 heavy (non-hydrogen) atoms. The second-order valence-electron chi connectivity index (χ2n) is 6.17. The first kappa shape index (κ1) is 20.4. The van der Waals surface area contributed by atoms with Gasteiger partial charge in [0.05, 0.1) is 12.2 Å². The number of esters is 2. The second kappa shape index (κ2) is 10.2. The van der Waals surface area contributed by atoms with E-state index in [1.807, 2.05) is 42.5 Å². The van der Waals surface area contributed by atoms with Gasteiger partial charge < -0.3 is 9.47 Å². The van der Waals surface area contributed by atoms with E-state index < -0.39 is 11.9 Å². The van der Waals surface area contributed by atoms with Gasteiger partial charge >= 0.3 is 11.9 Å². The summed E-state index contributed by atoms with van der Waals surface area (Å²) in [7, 11) is 0. The molecule has 0 saturated carbocycles. The highest BCUT2D eigenvalue weighted by molar-refractivity contribution is 6.32. The predicted octanol–water partition coefficient (Wildman–Crippen LogP) is 5.36. The lowest BCUT2D eigenvalue weighted by Gasteiger charge is -2.06. The Kier molecular flexibility index (Phi) is 7.20. The lowest BCUT2D eigenvalue weighted by molar-refractivity contribution is -0.128. The van der Waals surface area contributed by atoms with Crippen LogP contribution in [0.1, 0.15) is 21.5 Å². The van der Waals surface area contributed by atoms with E-state index in [-0.39, 0.29) is 0 Å². The first-order valence-electron chi connectivity index (χ1n) is 9.07. The van der Waals surface area contributed by atoms with Crippen LogP contribution in [-0.4, -0.2) is 18.5 Å². The van der Waals surface area contributed by atoms with Crippen LogP contribution < -0.4 is 4.74 Å². The van der Waals surface area contributed by atoms with Crippen LogP contribution in [0, 0.1) is 0 Å². The van der Waals surface area contributed by atoms with Crippen molar-refractivity contribution in [1.82, 2.24) is 0 Å². The Bertz CT molecular complexity index is 995. The van der Waals surface area contributed by atoms with Crippen LogP contribution in [0.15, 0.2) is 84.9 Å². The number of benzene rings is 3. The zero-order valence-corrected chi connectivity index (χ0v) is 16.3. The van der Waals surface area contributed by atoms with Crippen LogP contribution in [0.5, 0.6) is 5.75 Å². The van der Waals surface area contributed by atoms with E-state index in [0.717, 1.165) is 11.1 Å². The summed E-state index contributed by atoms with van der Waals surface area (Å²) in [6.45, 7) is 0.298. The van der Waals surface area contributed by atoms with Crippen molar-refractivity contribution in [3.05, 3.63) is 107 Å². The Morgan fingerprint density at radius 2 is 1.55 bits per heavy atom. The van der Waals surface area contributed by atoms with Gasteiger partial charge in [0, 0.05) is 17.5 Å². The summed E-state index contributed by atoms with van der Waals surface area (Å²) in [4.78, 5) is 24.1. The molecule has 3 aromatic rings. The maximum Gasteiger partial charge on any atom is 0.338 e. The number of hydrogen-bond donors (Lipinski definition) is 0. The third-order valence-corrected chi connectivity index (χ3v) is 4.42. The topological polar surface area (TPSA) is 52.6 Å². The molecule has 0 N–H and O–H groups in total. The molecule has 4 nitrogen and oxygen atoms in total. The highest BCUT2D eigenvalue weighted by Crippen LogP contribution is 2.17. The van der Waals surface area contributed by atoms with E-state index in [0.29, 0.717) is 29.4 Å². The Morgan fingerprint density at radius 1 is 0.862 bits per heavy atom. The molecule has 0 atom stereocenters. The molecule has 0 aliphatic rings. The summed E-state index contributed by atoms with van der Waals surface area (Å²) in [5.41, 5.74) is 2.22. The maximum absolute atomic E-state index is 12.1. The van der Waals surface area contributed by atoms with E-state index in [9.17, 15) is 9.59 Å². The third kappa shape index (κ3) is 6.33. The van der Waals surface area contributed by atoms with Gasteiger partial charge in [0.1, 0.15) is 5.75 Å². The molecule has 0 spiro atoms. The van der Waals surface area contributed by atoms with Gasteiger partial charge in [0.2, 0.25) is 0 Å². The molecule has 0 radical (unpaired) electrons. The molecule has 0 aliphatic carbocycles. The van der Waals surface area contributed by atoms with Crippen LogP contribution in [-0.2, 0) is 16.0 Å². The van der Waals surface area contributed by atoms with Crippen LogP contribution >= 0.6 is 11.6 Å². The number of rotatable bonds is 7. The summed E-state index contributed by atoms with van der Waals surface area (Å²) in [5, 5.41) is 0.548.